The highest BCUT2D eigenvalue weighted by molar-refractivity contribution is 5.12. The van der Waals surface area contributed by atoms with Gasteiger partial charge in [0.15, 0.2) is 5.43 Å². The molecular formula is C12H20N2O. The van der Waals surface area contributed by atoms with Crippen molar-refractivity contribution in [2.24, 2.45) is 5.92 Å². The van der Waals surface area contributed by atoms with Crippen molar-refractivity contribution in [3.63, 3.8) is 0 Å². The van der Waals surface area contributed by atoms with Crippen molar-refractivity contribution in [1.29, 1.82) is 0 Å². The maximum absolute atomic E-state index is 11.2. The van der Waals surface area contributed by atoms with Gasteiger partial charge in [0.25, 0.3) is 0 Å². The van der Waals surface area contributed by atoms with Crippen molar-refractivity contribution in [1.82, 2.24) is 9.88 Å². The van der Waals surface area contributed by atoms with Gasteiger partial charge in [-0.05, 0) is 33.4 Å². The number of pyridine rings is 1. The molecule has 15 heavy (non-hydrogen) atoms. The quantitative estimate of drug-likeness (QED) is 0.809. The largest absolute Gasteiger partial charge is 0.349 e. The molecule has 0 aliphatic heterocycles. The minimum atomic E-state index is 0.0996. The smallest absolute Gasteiger partial charge is 0.182 e. The second-order valence-electron chi connectivity index (χ2n) is 4.25. The molecule has 1 rings (SSSR count). The van der Waals surface area contributed by atoms with Crippen LogP contribution in [-0.2, 0) is 6.54 Å². The van der Waals surface area contributed by atoms with Gasteiger partial charge in [0.05, 0.1) is 0 Å². The molecule has 0 fully saturated rings. The number of nitrogens with one attached hydrogen (secondary N) is 1. The molecule has 1 heterocycles. The van der Waals surface area contributed by atoms with Crippen LogP contribution in [0.5, 0.6) is 0 Å². The van der Waals surface area contributed by atoms with Gasteiger partial charge in [-0.15, -0.1) is 0 Å². The van der Waals surface area contributed by atoms with Gasteiger partial charge in [-0.3, -0.25) is 4.79 Å². The summed E-state index contributed by atoms with van der Waals surface area (Å²) < 4.78 is 2.20. The Morgan fingerprint density at radius 1 is 1.33 bits per heavy atom. The molecule has 1 unspecified atom stereocenters. The van der Waals surface area contributed by atoms with Crippen molar-refractivity contribution in [3.8, 4) is 0 Å². The molecule has 0 radical (unpaired) electrons. The third-order valence-electron chi connectivity index (χ3n) is 2.60. The van der Waals surface area contributed by atoms with Crippen LogP contribution in [0.2, 0.25) is 0 Å². The molecule has 1 N–H and O–H groups in total. The molecule has 0 amide bonds. The van der Waals surface area contributed by atoms with E-state index in [1.807, 2.05) is 20.9 Å². The number of hydrogen-bond donors (Lipinski definition) is 1. The first-order valence-corrected chi connectivity index (χ1v) is 5.37. The van der Waals surface area contributed by atoms with Crippen molar-refractivity contribution >= 4 is 0 Å². The molecule has 0 spiro atoms. The second-order valence-corrected chi connectivity index (χ2v) is 4.25. The van der Waals surface area contributed by atoms with E-state index in [2.05, 4.69) is 16.8 Å². The standard InChI is InChI=1S/C12H20N2O/c1-9(7-13-4)8-14-10(2)5-12(15)6-11(14)3/h5-6,9,13H,7-8H2,1-4H3. The van der Waals surface area contributed by atoms with E-state index < -0.39 is 0 Å². The topological polar surface area (TPSA) is 34.0 Å². The highest BCUT2D eigenvalue weighted by Crippen LogP contribution is 2.06. The van der Waals surface area contributed by atoms with Crippen LogP contribution >= 0.6 is 0 Å². The summed E-state index contributed by atoms with van der Waals surface area (Å²) in [7, 11) is 1.96. The Kier molecular flexibility index (Phi) is 4.09. The summed E-state index contributed by atoms with van der Waals surface area (Å²) >= 11 is 0. The summed E-state index contributed by atoms with van der Waals surface area (Å²) in [6.07, 6.45) is 0. The first-order valence-electron chi connectivity index (χ1n) is 5.37. The molecule has 1 atom stereocenters. The lowest BCUT2D eigenvalue weighted by Gasteiger charge is -2.18. The Balaban J connectivity index is 2.90. The van der Waals surface area contributed by atoms with Crippen LogP contribution in [0, 0.1) is 19.8 Å². The van der Waals surface area contributed by atoms with E-state index in [1.165, 1.54) is 0 Å². The molecule has 0 aliphatic carbocycles. The predicted molar refractivity (Wildman–Crippen MR) is 63.3 cm³/mol. The molecule has 0 aromatic carbocycles. The minimum Gasteiger partial charge on any atom is -0.349 e. The lowest BCUT2D eigenvalue weighted by atomic mass is 10.1. The zero-order valence-corrected chi connectivity index (χ0v) is 10.0. The molecule has 3 heteroatoms. The van der Waals surface area contributed by atoms with Crippen LogP contribution in [0.4, 0.5) is 0 Å². The average Bonchev–Trinajstić information content (AvgIpc) is 2.11. The van der Waals surface area contributed by atoms with E-state index in [0.29, 0.717) is 5.92 Å². The number of aromatic nitrogens is 1. The van der Waals surface area contributed by atoms with Gasteiger partial charge in [0.1, 0.15) is 0 Å². The molecule has 0 saturated heterocycles. The zero-order chi connectivity index (χ0) is 11.4. The van der Waals surface area contributed by atoms with Crippen LogP contribution in [0.3, 0.4) is 0 Å². The minimum absolute atomic E-state index is 0.0996. The third kappa shape index (κ3) is 3.20. The maximum atomic E-state index is 11.2. The van der Waals surface area contributed by atoms with Gasteiger partial charge < -0.3 is 9.88 Å². The van der Waals surface area contributed by atoms with E-state index in [0.717, 1.165) is 24.5 Å². The zero-order valence-electron chi connectivity index (χ0n) is 10.0. The van der Waals surface area contributed by atoms with Crippen molar-refractivity contribution < 1.29 is 0 Å². The molecule has 84 valence electrons. The Morgan fingerprint density at radius 2 is 1.87 bits per heavy atom. The highest BCUT2D eigenvalue weighted by atomic mass is 16.1. The summed E-state index contributed by atoms with van der Waals surface area (Å²) in [4.78, 5) is 11.2. The Hall–Kier alpha value is -1.09. The van der Waals surface area contributed by atoms with Crippen molar-refractivity contribution in [3.05, 3.63) is 33.7 Å². The average molecular weight is 208 g/mol. The molecule has 1 aromatic rings. The fraction of sp³-hybridized carbons (Fsp3) is 0.583. The predicted octanol–water partition coefficient (Wildman–Crippen LogP) is 1.32. The van der Waals surface area contributed by atoms with E-state index in [1.54, 1.807) is 12.1 Å². The Labute approximate surface area is 91.1 Å². The summed E-state index contributed by atoms with van der Waals surface area (Å²) in [5, 5.41) is 3.16. The third-order valence-corrected chi connectivity index (χ3v) is 2.60. The summed E-state index contributed by atoms with van der Waals surface area (Å²) in [6.45, 7) is 8.12. The van der Waals surface area contributed by atoms with E-state index in [4.69, 9.17) is 0 Å². The van der Waals surface area contributed by atoms with Gasteiger partial charge in [-0.25, -0.2) is 0 Å². The Bertz CT molecular complexity index is 355. The first kappa shape index (κ1) is 12.0. The molecule has 0 bridgehead atoms. The van der Waals surface area contributed by atoms with E-state index >= 15 is 0 Å². The molecule has 0 aliphatic rings. The fourth-order valence-electron chi connectivity index (χ4n) is 1.90. The van der Waals surface area contributed by atoms with Gasteiger partial charge in [0.2, 0.25) is 0 Å². The van der Waals surface area contributed by atoms with Crippen LogP contribution in [0.25, 0.3) is 0 Å². The normalized spacial score (nSPS) is 12.8. The highest BCUT2D eigenvalue weighted by Gasteiger charge is 2.05. The number of nitrogens with zero attached hydrogens (tertiary/aromatic N) is 1. The second kappa shape index (κ2) is 5.12. The molecule has 0 saturated carbocycles. The first-order chi connectivity index (χ1) is 7.04. The van der Waals surface area contributed by atoms with Gasteiger partial charge in [-0.1, -0.05) is 6.92 Å². The molecule has 3 nitrogen and oxygen atoms in total. The molecular weight excluding hydrogens is 188 g/mol. The van der Waals surface area contributed by atoms with Crippen LogP contribution in [0.15, 0.2) is 16.9 Å². The van der Waals surface area contributed by atoms with Crippen LogP contribution < -0.4 is 10.7 Å². The van der Waals surface area contributed by atoms with Gasteiger partial charge in [0, 0.05) is 30.1 Å². The van der Waals surface area contributed by atoms with Gasteiger partial charge >= 0.3 is 0 Å². The van der Waals surface area contributed by atoms with Crippen LogP contribution in [-0.4, -0.2) is 18.2 Å². The van der Waals surface area contributed by atoms with Crippen LogP contribution in [0.1, 0.15) is 18.3 Å². The fourth-order valence-corrected chi connectivity index (χ4v) is 1.90. The summed E-state index contributed by atoms with van der Waals surface area (Å²) in [6, 6.07) is 3.39. The number of hydrogen-bond acceptors (Lipinski definition) is 2. The van der Waals surface area contributed by atoms with E-state index in [9.17, 15) is 4.79 Å². The molecule has 1 aromatic heterocycles. The van der Waals surface area contributed by atoms with E-state index in [-0.39, 0.29) is 5.43 Å². The maximum Gasteiger partial charge on any atom is 0.182 e. The van der Waals surface area contributed by atoms with Crippen molar-refractivity contribution in [2.75, 3.05) is 13.6 Å². The number of aryl methyl sites for hydroxylation is 2. The lowest BCUT2D eigenvalue weighted by molar-refractivity contribution is 0.449. The monoisotopic (exact) mass is 208 g/mol. The Morgan fingerprint density at radius 3 is 2.33 bits per heavy atom. The summed E-state index contributed by atoms with van der Waals surface area (Å²) in [5.74, 6) is 0.565. The van der Waals surface area contributed by atoms with Gasteiger partial charge in [-0.2, -0.15) is 0 Å². The summed E-state index contributed by atoms with van der Waals surface area (Å²) in [5.41, 5.74) is 2.19. The number of rotatable bonds is 4. The SMILES string of the molecule is CNCC(C)Cn1c(C)cc(=O)cc1C. The lowest BCUT2D eigenvalue weighted by Crippen LogP contribution is -2.23. The van der Waals surface area contributed by atoms with Crippen molar-refractivity contribution in [2.45, 2.75) is 27.3 Å².